The van der Waals surface area contributed by atoms with Crippen LogP contribution < -0.4 is 15.5 Å². The molecule has 0 radical (unpaired) electrons. The van der Waals surface area contributed by atoms with Crippen molar-refractivity contribution in [2.75, 3.05) is 57.8 Å². The third kappa shape index (κ3) is 7.42. The van der Waals surface area contributed by atoms with E-state index in [1.165, 1.54) is 24.2 Å². The van der Waals surface area contributed by atoms with Crippen LogP contribution in [0.4, 0.5) is 5.69 Å². The molecule has 2 aromatic carbocycles. The zero-order chi connectivity index (χ0) is 20.2. The Morgan fingerprint density at radius 1 is 0.828 bits per heavy atom. The summed E-state index contributed by atoms with van der Waals surface area (Å²) in [5.41, 5.74) is 2.70. The molecule has 1 heterocycles. The van der Waals surface area contributed by atoms with Crippen LogP contribution in [-0.2, 0) is 6.42 Å². The molecule has 2 N–H and O–H groups in total. The van der Waals surface area contributed by atoms with Gasteiger partial charge in [-0.05, 0) is 43.5 Å². The molecule has 1 aliphatic rings. The monoisotopic (exact) mass is 393 g/mol. The van der Waals surface area contributed by atoms with Crippen molar-refractivity contribution >= 4 is 11.6 Å². The molecular weight excluding hydrogens is 358 g/mol. The van der Waals surface area contributed by atoms with Crippen LogP contribution in [0.15, 0.2) is 65.7 Å². The van der Waals surface area contributed by atoms with Crippen LogP contribution in [0.5, 0.6) is 0 Å². The fourth-order valence-electron chi connectivity index (χ4n) is 3.73. The number of piperazine rings is 1. The predicted octanol–water partition coefficient (Wildman–Crippen LogP) is 3.00. The fraction of sp³-hybridized carbons (Fsp3) is 0.458. The number of anilines is 1. The lowest BCUT2D eigenvalue weighted by Gasteiger charge is -2.36. The molecular formula is C24H35N5. The molecule has 0 amide bonds. The average molecular weight is 394 g/mol. The average Bonchev–Trinajstić information content (AvgIpc) is 2.79. The molecule has 0 atom stereocenters. The van der Waals surface area contributed by atoms with Gasteiger partial charge in [0.2, 0.25) is 0 Å². The Hall–Kier alpha value is -2.53. The summed E-state index contributed by atoms with van der Waals surface area (Å²) in [6.45, 7) is 7.62. The highest BCUT2D eigenvalue weighted by atomic mass is 15.3. The Morgan fingerprint density at radius 2 is 1.48 bits per heavy atom. The lowest BCUT2D eigenvalue weighted by atomic mass is 10.1. The standard InChI is InChI=1S/C24H35N5/c1-25-24(27-16-14-22-10-4-2-5-11-22)26-15-8-9-17-28-18-20-29(21-19-28)23-12-6-3-7-13-23/h2-7,10-13H,8-9,14-21H2,1H3,(H2,25,26,27). The van der Waals surface area contributed by atoms with Crippen molar-refractivity contribution in [1.29, 1.82) is 0 Å². The maximum Gasteiger partial charge on any atom is 0.190 e. The number of hydrogen-bond donors (Lipinski definition) is 2. The molecule has 0 unspecified atom stereocenters. The first kappa shape index (κ1) is 21.2. The van der Waals surface area contributed by atoms with Crippen molar-refractivity contribution in [1.82, 2.24) is 15.5 Å². The highest BCUT2D eigenvalue weighted by Crippen LogP contribution is 2.15. The Morgan fingerprint density at radius 3 is 2.17 bits per heavy atom. The molecule has 1 fully saturated rings. The van der Waals surface area contributed by atoms with Crippen molar-refractivity contribution in [2.45, 2.75) is 19.3 Å². The lowest BCUT2D eigenvalue weighted by Crippen LogP contribution is -2.46. The van der Waals surface area contributed by atoms with E-state index < -0.39 is 0 Å². The SMILES string of the molecule is CN=C(NCCCCN1CCN(c2ccccc2)CC1)NCCc1ccccc1. The van der Waals surface area contributed by atoms with Crippen molar-refractivity contribution in [3.63, 3.8) is 0 Å². The summed E-state index contributed by atoms with van der Waals surface area (Å²) in [7, 11) is 1.84. The van der Waals surface area contributed by atoms with E-state index in [4.69, 9.17) is 0 Å². The van der Waals surface area contributed by atoms with E-state index in [0.717, 1.165) is 58.1 Å². The number of rotatable bonds is 9. The second kappa shape index (κ2) is 12.1. The number of nitrogens with one attached hydrogen (secondary N) is 2. The van der Waals surface area contributed by atoms with Gasteiger partial charge in [0.05, 0.1) is 0 Å². The summed E-state index contributed by atoms with van der Waals surface area (Å²) in [6.07, 6.45) is 3.40. The van der Waals surface area contributed by atoms with Crippen LogP contribution >= 0.6 is 0 Å². The predicted molar refractivity (Wildman–Crippen MR) is 124 cm³/mol. The molecule has 0 aromatic heterocycles. The zero-order valence-electron chi connectivity index (χ0n) is 17.7. The van der Waals surface area contributed by atoms with Crippen molar-refractivity contribution in [2.24, 2.45) is 4.99 Å². The molecule has 5 nitrogen and oxygen atoms in total. The summed E-state index contributed by atoms with van der Waals surface area (Å²) in [6, 6.07) is 21.3. The van der Waals surface area contributed by atoms with Gasteiger partial charge in [-0.3, -0.25) is 9.89 Å². The van der Waals surface area contributed by atoms with Crippen LogP contribution in [0.2, 0.25) is 0 Å². The molecule has 0 spiro atoms. The molecule has 1 saturated heterocycles. The molecule has 29 heavy (non-hydrogen) atoms. The number of aliphatic imine (C=N–C) groups is 1. The topological polar surface area (TPSA) is 42.9 Å². The number of guanidine groups is 1. The quantitative estimate of drug-likeness (QED) is 0.390. The van der Waals surface area contributed by atoms with Crippen molar-refractivity contribution in [3.8, 4) is 0 Å². The lowest BCUT2D eigenvalue weighted by molar-refractivity contribution is 0.253. The Balaban J connectivity index is 1.23. The maximum atomic E-state index is 4.32. The summed E-state index contributed by atoms with van der Waals surface area (Å²) in [4.78, 5) is 9.40. The Labute approximate surface area is 175 Å². The molecule has 0 bridgehead atoms. The third-order valence-electron chi connectivity index (χ3n) is 5.46. The van der Waals surface area contributed by atoms with Gasteiger partial charge in [0.1, 0.15) is 0 Å². The van der Waals surface area contributed by atoms with E-state index in [9.17, 15) is 0 Å². The second-order valence-electron chi connectivity index (χ2n) is 7.53. The van der Waals surface area contributed by atoms with E-state index in [2.05, 4.69) is 86.1 Å². The Bertz CT molecular complexity index is 709. The van der Waals surface area contributed by atoms with Gasteiger partial charge in [0.25, 0.3) is 0 Å². The molecule has 156 valence electrons. The zero-order valence-corrected chi connectivity index (χ0v) is 17.7. The van der Waals surface area contributed by atoms with E-state index in [1.54, 1.807) is 0 Å². The molecule has 1 aliphatic heterocycles. The summed E-state index contributed by atoms with van der Waals surface area (Å²) in [5.74, 6) is 0.900. The smallest absolute Gasteiger partial charge is 0.190 e. The number of hydrogen-bond acceptors (Lipinski definition) is 3. The summed E-state index contributed by atoms with van der Waals surface area (Å²) >= 11 is 0. The van der Waals surface area contributed by atoms with E-state index in [0.29, 0.717) is 0 Å². The van der Waals surface area contributed by atoms with Crippen LogP contribution in [0.3, 0.4) is 0 Å². The van der Waals surface area contributed by atoms with Gasteiger partial charge in [-0.1, -0.05) is 48.5 Å². The number of unbranched alkanes of at least 4 members (excludes halogenated alkanes) is 1. The fourth-order valence-corrected chi connectivity index (χ4v) is 3.73. The van der Waals surface area contributed by atoms with Gasteiger partial charge in [0.15, 0.2) is 5.96 Å². The summed E-state index contributed by atoms with van der Waals surface area (Å²) < 4.78 is 0. The van der Waals surface area contributed by atoms with Crippen LogP contribution in [-0.4, -0.2) is 63.7 Å². The highest BCUT2D eigenvalue weighted by Gasteiger charge is 2.16. The van der Waals surface area contributed by atoms with E-state index >= 15 is 0 Å². The minimum atomic E-state index is 0.898. The van der Waals surface area contributed by atoms with Crippen LogP contribution in [0, 0.1) is 0 Å². The number of benzene rings is 2. The van der Waals surface area contributed by atoms with Gasteiger partial charge < -0.3 is 15.5 Å². The molecule has 5 heteroatoms. The van der Waals surface area contributed by atoms with E-state index in [1.807, 2.05) is 7.05 Å². The number of para-hydroxylation sites is 1. The molecule has 0 saturated carbocycles. The first-order chi connectivity index (χ1) is 14.3. The van der Waals surface area contributed by atoms with Crippen LogP contribution in [0.25, 0.3) is 0 Å². The van der Waals surface area contributed by atoms with E-state index in [-0.39, 0.29) is 0 Å². The van der Waals surface area contributed by atoms with Gasteiger partial charge in [-0.25, -0.2) is 0 Å². The first-order valence-electron chi connectivity index (χ1n) is 10.9. The van der Waals surface area contributed by atoms with Gasteiger partial charge in [-0.15, -0.1) is 0 Å². The second-order valence-corrected chi connectivity index (χ2v) is 7.53. The minimum Gasteiger partial charge on any atom is -0.369 e. The minimum absolute atomic E-state index is 0.898. The molecule has 0 aliphatic carbocycles. The number of nitrogens with zero attached hydrogens (tertiary/aromatic N) is 3. The van der Waals surface area contributed by atoms with Gasteiger partial charge in [-0.2, -0.15) is 0 Å². The van der Waals surface area contributed by atoms with Crippen molar-refractivity contribution in [3.05, 3.63) is 66.2 Å². The Kier molecular flexibility index (Phi) is 8.86. The highest BCUT2D eigenvalue weighted by molar-refractivity contribution is 5.79. The molecule has 3 rings (SSSR count). The van der Waals surface area contributed by atoms with Gasteiger partial charge in [0, 0.05) is 52.0 Å². The van der Waals surface area contributed by atoms with Crippen LogP contribution in [0.1, 0.15) is 18.4 Å². The molecule has 2 aromatic rings. The maximum absolute atomic E-state index is 4.32. The first-order valence-corrected chi connectivity index (χ1v) is 10.9. The summed E-state index contributed by atoms with van der Waals surface area (Å²) in [5, 5.41) is 6.84. The largest absolute Gasteiger partial charge is 0.369 e. The third-order valence-corrected chi connectivity index (χ3v) is 5.46. The van der Waals surface area contributed by atoms with Crippen molar-refractivity contribution < 1.29 is 0 Å². The normalized spacial score (nSPS) is 15.3. The van der Waals surface area contributed by atoms with Gasteiger partial charge >= 0.3 is 0 Å².